The van der Waals surface area contributed by atoms with Crippen LogP contribution in [0.3, 0.4) is 0 Å². The molecule has 3 rings (SSSR count). The van der Waals surface area contributed by atoms with Gasteiger partial charge in [0, 0.05) is 11.3 Å². The highest BCUT2D eigenvalue weighted by Crippen LogP contribution is 2.44. The maximum absolute atomic E-state index is 12.3. The molecule has 3 atom stereocenters. The van der Waals surface area contributed by atoms with Crippen molar-refractivity contribution < 1.29 is 19.1 Å². The number of carbonyl (C=O) groups excluding carboxylic acids is 3. The van der Waals surface area contributed by atoms with E-state index < -0.39 is 17.9 Å². The predicted octanol–water partition coefficient (Wildman–Crippen LogP) is 0.942. The average molecular weight is 291 g/mol. The first kappa shape index (κ1) is 13.2. The largest absolute Gasteiger partial charge is 0.467 e. The molecule has 3 unspecified atom stereocenters. The maximum Gasteiger partial charge on any atom is 0.329 e. The number of hydrogen-bond donors (Lipinski definition) is 0. The van der Waals surface area contributed by atoms with E-state index in [1.54, 1.807) is 24.3 Å². The Morgan fingerprint density at radius 3 is 2.65 bits per heavy atom. The minimum absolute atomic E-state index is 0.171. The highest BCUT2D eigenvalue weighted by atomic mass is 32.2. The van der Waals surface area contributed by atoms with E-state index in [1.807, 2.05) is 6.07 Å². The lowest BCUT2D eigenvalue weighted by Crippen LogP contribution is -2.63. The first-order valence-corrected chi connectivity index (χ1v) is 7.31. The molecule has 5 nitrogen and oxygen atoms in total. The number of Topliss-reactive ketones (excluding diaryl/α,β-unsaturated/α-hetero) is 1. The quantitative estimate of drug-likeness (QED) is 0.359. The monoisotopic (exact) mass is 291 g/mol. The number of thioether (sulfide) groups is 1. The molecule has 0 radical (unpaired) electrons. The Kier molecular flexibility index (Phi) is 3.25. The second-order valence-corrected chi connectivity index (χ2v) is 5.87. The summed E-state index contributed by atoms with van der Waals surface area (Å²) in [5.74, 6) is -1.04. The summed E-state index contributed by atoms with van der Waals surface area (Å²) in [4.78, 5) is 37.6. The van der Waals surface area contributed by atoms with Crippen LogP contribution in [0, 0.1) is 5.92 Å². The molecule has 2 aliphatic rings. The van der Waals surface area contributed by atoms with Gasteiger partial charge in [-0.15, -0.1) is 11.8 Å². The first-order valence-electron chi connectivity index (χ1n) is 6.26. The van der Waals surface area contributed by atoms with Gasteiger partial charge in [-0.3, -0.25) is 9.59 Å². The number of methoxy groups -OCH3 is 1. The van der Waals surface area contributed by atoms with Crippen molar-refractivity contribution in [2.24, 2.45) is 5.92 Å². The lowest BCUT2D eigenvalue weighted by Gasteiger charge is -2.42. The van der Waals surface area contributed by atoms with Crippen molar-refractivity contribution in [2.45, 2.75) is 11.4 Å². The van der Waals surface area contributed by atoms with Gasteiger partial charge in [-0.05, 0) is 0 Å². The molecule has 20 heavy (non-hydrogen) atoms. The Hall–Kier alpha value is -1.82. The third-order valence-electron chi connectivity index (χ3n) is 3.65. The van der Waals surface area contributed by atoms with Crippen LogP contribution in [-0.2, 0) is 14.3 Å². The second-order valence-electron chi connectivity index (χ2n) is 4.72. The first-order chi connectivity index (χ1) is 9.65. The summed E-state index contributed by atoms with van der Waals surface area (Å²) in [7, 11) is 1.30. The van der Waals surface area contributed by atoms with E-state index in [4.69, 9.17) is 0 Å². The summed E-state index contributed by atoms with van der Waals surface area (Å²) in [5, 5.41) is -0.237. The Balaban J connectivity index is 1.78. The molecule has 1 aromatic rings. The molecule has 2 aliphatic heterocycles. The van der Waals surface area contributed by atoms with Gasteiger partial charge in [-0.25, -0.2) is 4.79 Å². The number of β-lactam (4-membered cyclic amide) rings is 1. The third kappa shape index (κ3) is 1.83. The van der Waals surface area contributed by atoms with Gasteiger partial charge in [0.2, 0.25) is 5.91 Å². The molecule has 0 N–H and O–H groups in total. The minimum atomic E-state index is -0.669. The molecule has 2 fully saturated rings. The van der Waals surface area contributed by atoms with Crippen molar-refractivity contribution >= 4 is 29.4 Å². The van der Waals surface area contributed by atoms with Crippen molar-refractivity contribution in [3.8, 4) is 0 Å². The van der Waals surface area contributed by atoms with E-state index in [0.29, 0.717) is 11.3 Å². The van der Waals surface area contributed by atoms with Gasteiger partial charge in [0.1, 0.15) is 12.0 Å². The number of benzene rings is 1. The predicted molar refractivity (Wildman–Crippen MR) is 73.2 cm³/mol. The summed E-state index contributed by atoms with van der Waals surface area (Å²) in [6.45, 7) is 0. The molecule has 0 aromatic heterocycles. The van der Waals surface area contributed by atoms with Crippen LogP contribution in [0.1, 0.15) is 10.4 Å². The fourth-order valence-corrected chi connectivity index (χ4v) is 4.13. The van der Waals surface area contributed by atoms with Gasteiger partial charge in [0.15, 0.2) is 5.78 Å². The Morgan fingerprint density at radius 1 is 1.30 bits per heavy atom. The number of hydrogen-bond acceptors (Lipinski definition) is 5. The minimum Gasteiger partial charge on any atom is -0.467 e. The van der Waals surface area contributed by atoms with Gasteiger partial charge in [-0.2, -0.15) is 0 Å². The highest BCUT2D eigenvalue weighted by Gasteiger charge is 2.59. The van der Waals surface area contributed by atoms with Gasteiger partial charge < -0.3 is 9.64 Å². The Labute approximate surface area is 120 Å². The zero-order valence-corrected chi connectivity index (χ0v) is 11.6. The van der Waals surface area contributed by atoms with Crippen LogP contribution in [-0.4, -0.2) is 46.8 Å². The lowest BCUT2D eigenvalue weighted by molar-refractivity contribution is -0.160. The number of ether oxygens (including phenoxy) is 1. The van der Waals surface area contributed by atoms with Crippen LogP contribution in [0.25, 0.3) is 0 Å². The molecule has 0 spiro atoms. The smallest absolute Gasteiger partial charge is 0.329 e. The van der Waals surface area contributed by atoms with Crippen molar-refractivity contribution in [1.29, 1.82) is 0 Å². The van der Waals surface area contributed by atoms with E-state index >= 15 is 0 Å². The summed E-state index contributed by atoms with van der Waals surface area (Å²) >= 11 is 1.46. The maximum atomic E-state index is 12.3. The number of amides is 1. The van der Waals surface area contributed by atoms with E-state index in [1.165, 1.54) is 23.8 Å². The molecule has 0 saturated carbocycles. The summed E-state index contributed by atoms with van der Waals surface area (Å²) in [6.07, 6.45) is 0. The van der Waals surface area contributed by atoms with Crippen LogP contribution in [0.5, 0.6) is 0 Å². The van der Waals surface area contributed by atoms with Crippen LogP contribution in [0.15, 0.2) is 30.3 Å². The number of esters is 1. The van der Waals surface area contributed by atoms with Gasteiger partial charge in [0.05, 0.1) is 12.5 Å². The molecular formula is C14H13NO4S. The highest BCUT2D eigenvalue weighted by molar-refractivity contribution is 8.00. The van der Waals surface area contributed by atoms with Crippen LogP contribution in [0.4, 0.5) is 0 Å². The van der Waals surface area contributed by atoms with Crippen molar-refractivity contribution in [3.05, 3.63) is 35.9 Å². The number of ketones is 1. The normalized spacial score (nSPS) is 27.8. The van der Waals surface area contributed by atoms with Crippen molar-refractivity contribution in [1.82, 2.24) is 4.90 Å². The Bertz CT molecular complexity index is 574. The fourth-order valence-electron chi connectivity index (χ4n) is 2.61. The third-order valence-corrected chi connectivity index (χ3v) is 5.00. The summed E-state index contributed by atoms with van der Waals surface area (Å²) in [6, 6.07) is 8.22. The molecule has 0 aliphatic carbocycles. The molecule has 2 saturated heterocycles. The van der Waals surface area contributed by atoms with E-state index in [9.17, 15) is 14.4 Å². The molecule has 104 valence electrons. The zero-order valence-electron chi connectivity index (χ0n) is 10.8. The molecule has 6 heteroatoms. The molecule has 0 bridgehead atoms. The standard InChI is InChI=1S/C14H13NO4S/c1-19-14(18)9-7-20-13-10(12(17)15(9)13)11(16)8-5-3-2-4-6-8/h2-6,9-10,13H,7H2,1H3. The van der Waals surface area contributed by atoms with Crippen LogP contribution < -0.4 is 0 Å². The average Bonchev–Trinajstić information content (AvgIpc) is 2.86. The van der Waals surface area contributed by atoms with Gasteiger partial charge >= 0.3 is 5.97 Å². The summed E-state index contributed by atoms with van der Waals surface area (Å²) < 4.78 is 4.68. The van der Waals surface area contributed by atoms with Crippen LogP contribution >= 0.6 is 11.8 Å². The SMILES string of the molecule is COC(=O)C1CSC2C(C(=O)c3ccccc3)C(=O)N12. The summed E-state index contributed by atoms with van der Waals surface area (Å²) in [5.41, 5.74) is 0.535. The Morgan fingerprint density at radius 2 is 2.00 bits per heavy atom. The number of carbonyl (C=O) groups is 3. The topological polar surface area (TPSA) is 63.7 Å². The van der Waals surface area contributed by atoms with Gasteiger partial charge in [-0.1, -0.05) is 30.3 Å². The van der Waals surface area contributed by atoms with E-state index in [2.05, 4.69) is 4.74 Å². The zero-order chi connectivity index (χ0) is 14.3. The second kappa shape index (κ2) is 4.94. The molecular weight excluding hydrogens is 278 g/mol. The van der Waals surface area contributed by atoms with Crippen LogP contribution in [0.2, 0.25) is 0 Å². The number of fused-ring (bicyclic) bond motifs is 1. The van der Waals surface area contributed by atoms with Crippen molar-refractivity contribution in [3.63, 3.8) is 0 Å². The number of nitrogens with zero attached hydrogens (tertiary/aromatic N) is 1. The van der Waals surface area contributed by atoms with E-state index in [-0.39, 0.29) is 17.1 Å². The van der Waals surface area contributed by atoms with Crippen molar-refractivity contribution in [2.75, 3.05) is 12.9 Å². The molecule has 1 amide bonds. The lowest BCUT2D eigenvalue weighted by atomic mass is 9.88. The number of rotatable bonds is 3. The fraction of sp³-hybridized carbons (Fsp3) is 0.357. The van der Waals surface area contributed by atoms with E-state index in [0.717, 1.165) is 0 Å². The molecule has 2 heterocycles. The molecule has 1 aromatic carbocycles. The van der Waals surface area contributed by atoms with Gasteiger partial charge in [0.25, 0.3) is 0 Å².